The summed E-state index contributed by atoms with van der Waals surface area (Å²) in [5.74, 6) is 0.834. The maximum atomic E-state index is 6.59. The van der Waals surface area contributed by atoms with Crippen molar-refractivity contribution in [2.24, 2.45) is 0 Å². The van der Waals surface area contributed by atoms with Crippen LogP contribution in [0.4, 0.5) is 0 Å². The molecule has 0 amide bonds. The highest BCUT2D eigenvalue weighted by Gasteiger charge is 2.26. The predicted molar refractivity (Wildman–Crippen MR) is 574 cm³/mol. The van der Waals surface area contributed by atoms with Crippen LogP contribution in [0, 0.1) is 0 Å². The van der Waals surface area contributed by atoms with E-state index in [0.717, 1.165) is 222 Å². The average molecular weight is 1780 g/mol. The highest BCUT2D eigenvalue weighted by molar-refractivity contribution is 6.24. The molecule has 0 spiro atoms. The number of nitrogens with zero attached hydrogens (tertiary/aromatic N) is 6. The van der Waals surface area contributed by atoms with E-state index in [4.69, 9.17) is 32.6 Å². The molecule has 0 unspecified atom stereocenters. The number of furan rings is 4. The van der Waals surface area contributed by atoms with Crippen LogP contribution < -0.4 is 0 Å². The number of fused-ring (bicyclic) bond motifs is 22. The molecule has 0 aliphatic rings. The summed E-state index contributed by atoms with van der Waals surface area (Å²) in [6.07, 6.45) is 0. The van der Waals surface area contributed by atoms with Crippen molar-refractivity contribution in [3.63, 3.8) is 0 Å². The largest absolute Gasteiger partial charge is 0.456 e. The molecule has 0 N–H and O–H groups in total. The van der Waals surface area contributed by atoms with Gasteiger partial charge < -0.3 is 26.8 Å². The molecule has 10 nitrogen and oxygen atoms in total. The van der Waals surface area contributed by atoms with Crippen LogP contribution in [0.15, 0.2) is 503 Å². The van der Waals surface area contributed by atoms with Crippen LogP contribution in [0.2, 0.25) is 0 Å². The molecule has 0 radical (unpaired) electrons. The van der Waals surface area contributed by atoms with Crippen LogP contribution in [-0.4, -0.2) is 28.7 Å². The van der Waals surface area contributed by atoms with E-state index in [1.54, 1.807) is 0 Å². The minimum Gasteiger partial charge on any atom is -0.456 e. The van der Waals surface area contributed by atoms with E-state index in [9.17, 15) is 0 Å². The van der Waals surface area contributed by atoms with Gasteiger partial charge in [-0.15, -0.1) is 0 Å². The first-order chi connectivity index (χ1) is 68.9. The third kappa shape index (κ3) is 13.8. The standard InChI is InChI=1S/C47H28N2O2.2C41H26N2O/c1-2-11-29(12-3-1)30-21-23-31(24-22-30)32-27-38(35-16-10-20-43-45(35)37-15-6-9-19-42(37)50-43)48-44(28-32)49-39-17-7-4-14-36(39)46-40(49)26-25-34-33-13-5-8-18-41(33)51-47(34)46;1-3-12-27(13-4-1)29-25-35(28-22-23-40-34(24-28)31-16-8-10-21-39(31)44-40)42-36(26-29)32-18-11-20-38-41(32)33-17-7-9-19-37(33)43(38)30-14-5-2-6-15-30;1-3-11-27(12-4-1)30-25-36(42-37(26-30)29-20-22-41-35(24-29)33-16-8-10-18-40(33)44-41)28-19-21-39-34(23-28)32-15-7-9-17-38(32)43(39)31-13-5-2-6-14-31/h1-28H;2*1-26H. The second-order valence-corrected chi connectivity index (χ2v) is 35.5. The van der Waals surface area contributed by atoms with Crippen molar-refractivity contribution in [2.45, 2.75) is 0 Å². The number of rotatable bonds is 12. The van der Waals surface area contributed by atoms with Gasteiger partial charge in [0.05, 0.1) is 67.0 Å². The van der Waals surface area contributed by atoms with Gasteiger partial charge in [0.2, 0.25) is 0 Å². The minimum absolute atomic E-state index is 0.834. The topological polar surface area (TPSA) is 106 Å². The Labute approximate surface area is 797 Å². The molecule has 139 heavy (non-hydrogen) atoms. The normalized spacial score (nSPS) is 11.7. The lowest BCUT2D eigenvalue weighted by Gasteiger charge is -2.14. The molecule has 0 bridgehead atoms. The number of para-hydroxylation sites is 9. The van der Waals surface area contributed by atoms with E-state index in [1.165, 1.54) is 49.2 Å². The molecule has 10 aromatic heterocycles. The summed E-state index contributed by atoms with van der Waals surface area (Å²) in [5.41, 5.74) is 35.3. The Hall–Kier alpha value is -18.8. The van der Waals surface area contributed by atoms with Gasteiger partial charge in [0.1, 0.15) is 50.5 Å². The van der Waals surface area contributed by atoms with E-state index >= 15 is 0 Å². The molecule has 19 aromatic carbocycles. The summed E-state index contributed by atoms with van der Waals surface area (Å²) >= 11 is 0. The third-order valence-electron chi connectivity index (χ3n) is 27.4. The second kappa shape index (κ2) is 33.1. The molecule has 0 saturated heterocycles. The quantitative estimate of drug-likeness (QED) is 0.120. The predicted octanol–water partition coefficient (Wildman–Crippen LogP) is 35.1. The molecule has 0 atom stereocenters. The first-order valence-corrected chi connectivity index (χ1v) is 47.0. The second-order valence-electron chi connectivity index (χ2n) is 35.5. The molecular formula is C129H80N6O4. The number of hydrogen-bond acceptors (Lipinski definition) is 7. The van der Waals surface area contributed by atoms with Gasteiger partial charge in [-0.2, -0.15) is 0 Å². The first-order valence-electron chi connectivity index (χ1n) is 47.0. The van der Waals surface area contributed by atoms with Gasteiger partial charge in [-0.05, 0) is 220 Å². The van der Waals surface area contributed by atoms with Crippen molar-refractivity contribution >= 4 is 153 Å². The summed E-state index contributed by atoms with van der Waals surface area (Å²) < 4.78 is 32.2. The van der Waals surface area contributed by atoms with E-state index < -0.39 is 0 Å². The van der Waals surface area contributed by atoms with E-state index in [1.807, 2.05) is 54.6 Å². The molecule has 10 heterocycles. The number of hydrogen-bond donors (Lipinski definition) is 0. The Morgan fingerprint density at radius 2 is 0.475 bits per heavy atom. The van der Waals surface area contributed by atoms with Crippen molar-refractivity contribution in [2.75, 3.05) is 0 Å². The Morgan fingerprint density at radius 1 is 0.151 bits per heavy atom. The van der Waals surface area contributed by atoms with Crippen LogP contribution in [0.5, 0.6) is 0 Å². The van der Waals surface area contributed by atoms with Crippen LogP contribution in [0.25, 0.3) is 271 Å². The van der Waals surface area contributed by atoms with Crippen molar-refractivity contribution in [3.05, 3.63) is 485 Å². The number of aromatic nitrogens is 6. The molecule has 29 aromatic rings. The lowest BCUT2D eigenvalue weighted by Crippen LogP contribution is -2.00. The van der Waals surface area contributed by atoms with Crippen LogP contribution in [0.1, 0.15) is 0 Å². The first kappa shape index (κ1) is 79.9. The van der Waals surface area contributed by atoms with Gasteiger partial charge in [0.25, 0.3) is 0 Å². The molecule has 0 saturated carbocycles. The van der Waals surface area contributed by atoms with E-state index in [0.29, 0.717) is 0 Å². The van der Waals surface area contributed by atoms with Gasteiger partial charge in [-0.1, -0.05) is 309 Å². The fourth-order valence-corrected chi connectivity index (χ4v) is 21.0. The fraction of sp³-hybridized carbons (Fsp3) is 0. The van der Waals surface area contributed by atoms with Gasteiger partial charge in [0.15, 0.2) is 0 Å². The van der Waals surface area contributed by atoms with Crippen molar-refractivity contribution in [3.8, 4) is 118 Å². The molecule has 29 rings (SSSR count). The third-order valence-corrected chi connectivity index (χ3v) is 27.4. The van der Waals surface area contributed by atoms with Crippen LogP contribution in [-0.2, 0) is 0 Å². The maximum absolute atomic E-state index is 6.59. The number of benzene rings is 19. The summed E-state index contributed by atoms with van der Waals surface area (Å²) in [4.78, 5) is 16.1. The summed E-state index contributed by atoms with van der Waals surface area (Å²) in [6, 6.07) is 170. The molecule has 0 aliphatic heterocycles. The molecule has 0 aliphatic carbocycles. The molecular weight excluding hydrogens is 1700 g/mol. The van der Waals surface area contributed by atoms with E-state index in [-0.39, 0.29) is 0 Å². The zero-order valence-corrected chi connectivity index (χ0v) is 75.0. The zero-order valence-electron chi connectivity index (χ0n) is 75.0. The molecule has 0 fully saturated rings. The van der Waals surface area contributed by atoms with E-state index in [2.05, 4.69) is 444 Å². The fourth-order valence-electron chi connectivity index (χ4n) is 21.0. The number of pyridine rings is 3. The lowest BCUT2D eigenvalue weighted by atomic mass is 9.97. The maximum Gasteiger partial charge on any atom is 0.145 e. The van der Waals surface area contributed by atoms with Gasteiger partial charge in [0, 0.05) is 109 Å². The zero-order chi connectivity index (χ0) is 91.5. The van der Waals surface area contributed by atoms with Crippen LogP contribution in [0.3, 0.4) is 0 Å². The van der Waals surface area contributed by atoms with Crippen molar-refractivity contribution in [1.82, 2.24) is 28.7 Å². The highest BCUT2D eigenvalue weighted by Crippen LogP contribution is 2.48. The average Bonchev–Trinajstić information content (AvgIpc) is 1.56. The molecule has 650 valence electrons. The summed E-state index contributed by atoms with van der Waals surface area (Å²) in [5, 5.41) is 15.9. The van der Waals surface area contributed by atoms with Crippen LogP contribution >= 0.6 is 0 Å². The Balaban J connectivity index is 0.000000105. The SMILES string of the molecule is c1ccc(-c2cc(-c3ccc4oc5ccccc5c4c3)nc(-c3ccc4c(c3)c3ccccc3n4-c3ccccc3)c2)cc1.c1ccc(-c2cc(-c3ccc4oc5ccccc5c4c3)nc(-c3cccc4c3c3ccccc3n4-c3ccccc3)c2)cc1.c1ccc(-c2ccc(-c3cc(-c4cccc5oc6ccccc6c45)nc(-n4c5ccccc5c5c6oc7ccccc7c6ccc54)c3)cc2)cc1. The minimum atomic E-state index is 0.834. The Morgan fingerprint density at radius 3 is 1.04 bits per heavy atom. The van der Waals surface area contributed by atoms with Crippen molar-refractivity contribution in [1.29, 1.82) is 0 Å². The summed E-state index contributed by atoms with van der Waals surface area (Å²) in [7, 11) is 0. The Bertz CT molecular complexity index is 9890. The smallest absolute Gasteiger partial charge is 0.145 e. The molecule has 10 heteroatoms. The van der Waals surface area contributed by atoms with Gasteiger partial charge in [-0.25, -0.2) is 15.0 Å². The monoisotopic (exact) mass is 1780 g/mol. The van der Waals surface area contributed by atoms with Gasteiger partial charge in [-0.3, -0.25) is 4.57 Å². The Kier molecular flexibility index (Phi) is 19.1. The van der Waals surface area contributed by atoms with Crippen molar-refractivity contribution < 1.29 is 17.7 Å². The van der Waals surface area contributed by atoms with Gasteiger partial charge >= 0.3 is 0 Å². The lowest BCUT2D eigenvalue weighted by molar-refractivity contribution is 0.668. The highest BCUT2D eigenvalue weighted by atomic mass is 16.3. The summed E-state index contributed by atoms with van der Waals surface area (Å²) in [6.45, 7) is 0.